The standard InChI is InChI=1S/C23H36N2O/c1-19-13-15-21(16-14-19)18-25(17-20-9-5-3-6-10-20)23(26)24(2)22-11-7-4-8-12-22/h4,7-8,11-12,19-21H,3,5-6,9-10,13-18H2,1-2H3. The van der Waals surface area contributed by atoms with Gasteiger partial charge in [0.05, 0.1) is 0 Å². The van der Waals surface area contributed by atoms with E-state index in [9.17, 15) is 4.79 Å². The summed E-state index contributed by atoms with van der Waals surface area (Å²) in [5.41, 5.74) is 0.989. The summed E-state index contributed by atoms with van der Waals surface area (Å²) in [6.07, 6.45) is 11.8. The summed E-state index contributed by atoms with van der Waals surface area (Å²) in [6, 6.07) is 10.3. The Kier molecular flexibility index (Phi) is 6.99. The van der Waals surface area contributed by atoms with E-state index in [0.717, 1.165) is 24.7 Å². The maximum atomic E-state index is 13.3. The van der Waals surface area contributed by atoms with Gasteiger partial charge in [0, 0.05) is 25.8 Å². The van der Waals surface area contributed by atoms with Crippen LogP contribution in [0.2, 0.25) is 0 Å². The Morgan fingerprint density at radius 2 is 1.46 bits per heavy atom. The molecule has 144 valence electrons. The first-order valence-electron chi connectivity index (χ1n) is 10.7. The van der Waals surface area contributed by atoms with Crippen molar-refractivity contribution in [1.82, 2.24) is 4.90 Å². The van der Waals surface area contributed by atoms with Crippen LogP contribution in [-0.4, -0.2) is 31.1 Å². The highest BCUT2D eigenvalue weighted by Crippen LogP contribution is 2.31. The summed E-state index contributed by atoms with van der Waals surface area (Å²) in [4.78, 5) is 17.3. The molecular weight excluding hydrogens is 320 g/mol. The topological polar surface area (TPSA) is 23.6 Å². The van der Waals surface area contributed by atoms with Crippen molar-refractivity contribution in [3.63, 3.8) is 0 Å². The number of para-hydroxylation sites is 1. The summed E-state index contributed by atoms with van der Waals surface area (Å²) in [5, 5.41) is 0. The van der Waals surface area contributed by atoms with Crippen molar-refractivity contribution in [3.05, 3.63) is 30.3 Å². The van der Waals surface area contributed by atoms with Gasteiger partial charge in [-0.15, -0.1) is 0 Å². The molecule has 3 rings (SSSR count). The molecule has 0 aromatic heterocycles. The second kappa shape index (κ2) is 9.43. The Morgan fingerprint density at radius 3 is 2.08 bits per heavy atom. The molecule has 3 nitrogen and oxygen atoms in total. The van der Waals surface area contributed by atoms with Crippen LogP contribution in [0, 0.1) is 17.8 Å². The Bertz CT molecular complexity index is 545. The van der Waals surface area contributed by atoms with Crippen molar-refractivity contribution in [2.45, 2.75) is 64.7 Å². The summed E-state index contributed by atoms with van der Waals surface area (Å²) >= 11 is 0. The van der Waals surface area contributed by atoms with Crippen LogP contribution in [0.5, 0.6) is 0 Å². The molecule has 2 amide bonds. The van der Waals surface area contributed by atoms with E-state index in [1.165, 1.54) is 57.8 Å². The molecule has 2 saturated carbocycles. The Balaban J connectivity index is 1.67. The van der Waals surface area contributed by atoms with Crippen LogP contribution >= 0.6 is 0 Å². The number of nitrogens with zero attached hydrogens (tertiary/aromatic N) is 2. The number of carbonyl (C=O) groups excluding carboxylic acids is 1. The average Bonchev–Trinajstić information content (AvgIpc) is 2.69. The minimum atomic E-state index is 0.181. The summed E-state index contributed by atoms with van der Waals surface area (Å²) < 4.78 is 0. The number of rotatable bonds is 5. The summed E-state index contributed by atoms with van der Waals surface area (Å²) in [5.74, 6) is 2.24. The average molecular weight is 357 g/mol. The molecule has 0 aliphatic heterocycles. The molecular formula is C23H36N2O. The normalized spacial score (nSPS) is 24.2. The van der Waals surface area contributed by atoms with Crippen LogP contribution in [0.3, 0.4) is 0 Å². The fourth-order valence-corrected chi connectivity index (χ4v) is 4.71. The van der Waals surface area contributed by atoms with Crippen molar-refractivity contribution in [2.75, 3.05) is 25.0 Å². The zero-order valence-corrected chi connectivity index (χ0v) is 16.7. The first kappa shape index (κ1) is 19.3. The minimum absolute atomic E-state index is 0.181. The number of amides is 2. The van der Waals surface area contributed by atoms with E-state index < -0.39 is 0 Å². The predicted octanol–water partition coefficient (Wildman–Crippen LogP) is 5.95. The molecule has 0 heterocycles. The van der Waals surface area contributed by atoms with Gasteiger partial charge in [0.2, 0.25) is 0 Å². The monoisotopic (exact) mass is 356 g/mol. The molecule has 0 radical (unpaired) electrons. The second-order valence-electron chi connectivity index (χ2n) is 8.71. The van der Waals surface area contributed by atoms with Gasteiger partial charge in [-0.1, -0.05) is 57.2 Å². The molecule has 0 unspecified atom stereocenters. The first-order valence-corrected chi connectivity index (χ1v) is 10.7. The molecule has 0 atom stereocenters. The molecule has 1 aromatic rings. The van der Waals surface area contributed by atoms with Crippen molar-refractivity contribution in [3.8, 4) is 0 Å². The SMILES string of the molecule is CC1CCC(CN(CC2CCCCC2)C(=O)N(C)c2ccccc2)CC1. The van der Waals surface area contributed by atoms with Gasteiger partial charge in [-0.25, -0.2) is 4.79 Å². The van der Waals surface area contributed by atoms with E-state index in [1.807, 2.05) is 42.3 Å². The smallest absolute Gasteiger partial charge is 0.324 e. The van der Waals surface area contributed by atoms with Gasteiger partial charge in [0.15, 0.2) is 0 Å². The Morgan fingerprint density at radius 1 is 0.885 bits per heavy atom. The van der Waals surface area contributed by atoms with E-state index in [2.05, 4.69) is 11.8 Å². The van der Waals surface area contributed by atoms with Gasteiger partial charge in [0.25, 0.3) is 0 Å². The fraction of sp³-hybridized carbons (Fsp3) is 0.696. The molecule has 2 fully saturated rings. The van der Waals surface area contributed by atoms with Crippen LogP contribution in [-0.2, 0) is 0 Å². The highest BCUT2D eigenvalue weighted by Gasteiger charge is 2.28. The van der Waals surface area contributed by atoms with Crippen LogP contribution < -0.4 is 4.90 Å². The van der Waals surface area contributed by atoms with Gasteiger partial charge >= 0.3 is 6.03 Å². The minimum Gasteiger partial charge on any atom is -0.324 e. The third-order valence-electron chi connectivity index (χ3n) is 6.52. The number of carbonyl (C=O) groups is 1. The van der Waals surface area contributed by atoms with Gasteiger partial charge in [-0.3, -0.25) is 4.90 Å². The third-order valence-corrected chi connectivity index (χ3v) is 6.52. The lowest BCUT2D eigenvalue weighted by Crippen LogP contribution is -2.46. The summed E-state index contributed by atoms with van der Waals surface area (Å²) in [7, 11) is 1.93. The molecule has 2 aliphatic carbocycles. The Labute approximate surface area is 159 Å². The van der Waals surface area contributed by atoms with Gasteiger partial charge in [0.1, 0.15) is 0 Å². The number of urea groups is 1. The molecule has 0 bridgehead atoms. The lowest BCUT2D eigenvalue weighted by Gasteiger charge is -2.36. The second-order valence-corrected chi connectivity index (χ2v) is 8.71. The van der Waals surface area contributed by atoms with Gasteiger partial charge < -0.3 is 4.90 Å². The van der Waals surface area contributed by atoms with E-state index in [1.54, 1.807) is 0 Å². The molecule has 0 spiro atoms. The zero-order valence-electron chi connectivity index (χ0n) is 16.7. The van der Waals surface area contributed by atoms with Crippen LogP contribution in [0.25, 0.3) is 0 Å². The van der Waals surface area contributed by atoms with Crippen molar-refractivity contribution in [2.24, 2.45) is 17.8 Å². The van der Waals surface area contributed by atoms with Crippen LogP contribution in [0.15, 0.2) is 30.3 Å². The molecule has 0 saturated heterocycles. The predicted molar refractivity (Wildman–Crippen MR) is 110 cm³/mol. The van der Waals surface area contributed by atoms with E-state index in [4.69, 9.17) is 0 Å². The molecule has 0 N–H and O–H groups in total. The maximum Gasteiger partial charge on any atom is 0.324 e. The molecule has 26 heavy (non-hydrogen) atoms. The molecule has 2 aliphatic rings. The Hall–Kier alpha value is -1.51. The highest BCUT2D eigenvalue weighted by molar-refractivity contribution is 5.91. The van der Waals surface area contributed by atoms with E-state index in [-0.39, 0.29) is 6.03 Å². The number of hydrogen-bond acceptors (Lipinski definition) is 1. The van der Waals surface area contributed by atoms with Crippen LogP contribution in [0.1, 0.15) is 64.7 Å². The van der Waals surface area contributed by atoms with Crippen molar-refractivity contribution in [1.29, 1.82) is 0 Å². The zero-order chi connectivity index (χ0) is 18.4. The number of anilines is 1. The molecule has 3 heteroatoms. The van der Waals surface area contributed by atoms with Gasteiger partial charge in [-0.05, 0) is 55.6 Å². The third kappa shape index (κ3) is 5.25. The number of benzene rings is 1. The largest absolute Gasteiger partial charge is 0.324 e. The lowest BCUT2D eigenvalue weighted by atomic mass is 9.82. The fourth-order valence-electron chi connectivity index (χ4n) is 4.71. The van der Waals surface area contributed by atoms with Crippen molar-refractivity contribution < 1.29 is 4.79 Å². The quantitative estimate of drug-likeness (QED) is 0.639. The maximum absolute atomic E-state index is 13.3. The lowest BCUT2D eigenvalue weighted by molar-refractivity contribution is 0.157. The highest BCUT2D eigenvalue weighted by atomic mass is 16.2. The summed E-state index contributed by atoms with van der Waals surface area (Å²) in [6.45, 7) is 4.26. The van der Waals surface area contributed by atoms with Crippen LogP contribution in [0.4, 0.5) is 10.5 Å². The number of hydrogen-bond donors (Lipinski definition) is 0. The molecule has 1 aromatic carbocycles. The van der Waals surface area contributed by atoms with E-state index >= 15 is 0 Å². The van der Waals surface area contributed by atoms with Crippen molar-refractivity contribution >= 4 is 11.7 Å². The van der Waals surface area contributed by atoms with E-state index in [0.29, 0.717) is 11.8 Å². The van der Waals surface area contributed by atoms with Gasteiger partial charge in [-0.2, -0.15) is 0 Å². The first-order chi connectivity index (χ1) is 12.6.